The average molecular weight is 88.1 g/mol. The van der Waals surface area contributed by atoms with Crippen molar-refractivity contribution in [3.63, 3.8) is 0 Å². The second-order valence-electron chi connectivity index (χ2n) is 2.02. The van der Waals surface area contributed by atoms with Crippen molar-refractivity contribution in [2.45, 2.75) is 0 Å². The summed E-state index contributed by atoms with van der Waals surface area (Å²) < 4.78 is 0.819. The third-order valence-electron chi connectivity index (χ3n) is 1.10. The lowest BCUT2D eigenvalue weighted by Crippen LogP contribution is -2.18. The van der Waals surface area contributed by atoms with E-state index in [0.717, 1.165) is 4.70 Å². The van der Waals surface area contributed by atoms with E-state index in [0.29, 0.717) is 0 Å². The van der Waals surface area contributed by atoms with Crippen LogP contribution in [0.5, 0.6) is 0 Å². The zero-order valence-corrected chi connectivity index (χ0v) is 4.39. The van der Waals surface area contributed by atoms with Gasteiger partial charge in [-0.1, -0.05) is 0 Å². The summed E-state index contributed by atoms with van der Waals surface area (Å²) in [6.07, 6.45) is 0. The van der Waals surface area contributed by atoms with E-state index in [-0.39, 0.29) is 0 Å². The normalized spacial score (nSPS) is 39.5. The molecule has 1 fully saturated rings. The van der Waals surface area contributed by atoms with Crippen LogP contribution in [0, 0.1) is 0 Å². The molecule has 0 aromatic rings. The first kappa shape index (κ1) is 4.05. The van der Waals surface area contributed by atoms with Crippen molar-refractivity contribution in [3.05, 3.63) is 0 Å². The van der Waals surface area contributed by atoms with E-state index < -0.39 is 0 Å². The summed E-state index contributed by atoms with van der Waals surface area (Å²) in [5.74, 6) is 0. The zero-order valence-electron chi connectivity index (χ0n) is 4.39. The van der Waals surface area contributed by atoms with Crippen molar-refractivity contribution in [2.24, 2.45) is 0 Å². The molecule has 6 heavy (non-hydrogen) atoms. The number of hydrogen-bond acceptors (Lipinski definition) is 2. The summed E-state index contributed by atoms with van der Waals surface area (Å²) in [6.45, 7) is 0. The van der Waals surface area contributed by atoms with Gasteiger partial charge in [0, 0.05) is 0 Å². The lowest BCUT2D eigenvalue weighted by atomic mass is 11.1. The predicted molar refractivity (Wildman–Crippen MR) is 23.0 cm³/mol. The molecule has 1 saturated heterocycles. The van der Waals surface area contributed by atoms with E-state index in [4.69, 9.17) is 0 Å². The fourth-order valence-electron chi connectivity index (χ4n) is 0.334. The van der Waals surface area contributed by atoms with Gasteiger partial charge in [0.1, 0.15) is 14.1 Å². The molecule has 1 rings (SSSR count). The number of hydrogen-bond donors (Lipinski definition) is 1. The maximum absolute atomic E-state index is 3.04. The minimum Gasteiger partial charge on any atom is -0.138 e. The third-order valence-corrected chi connectivity index (χ3v) is 1.10. The molecule has 0 spiro atoms. The van der Waals surface area contributed by atoms with E-state index in [1.54, 1.807) is 0 Å². The maximum atomic E-state index is 3.04. The molecule has 1 unspecified atom stereocenters. The van der Waals surface area contributed by atoms with Crippen molar-refractivity contribution >= 4 is 0 Å². The lowest BCUT2D eigenvalue weighted by molar-refractivity contribution is -0.842. The van der Waals surface area contributed by atoms with Gasteiger partial charge in [-0.3, -0.25) is 0 Å². The Balaban J connectivity index is 2.41. The predicted octanol–water partition coefficient (Wildman–Crippen LogP) is -0.657. The SMILES string of the molecule is CN1N[N+]1(C)C. The maximum Gasteiger partial charge on any atom is 0.108 e. The van der Waals surface area contributed by atoms with Gasteiger partial charge < -0.3 is 0 Å². The number of rotatable bonds is 0. The van der Waals surface area contributed by atoms with Crippen molar-refractivity contribution in [1.82, 2.24) is 10.7 Å². The highest BCUT2D eigenvalue weighted by Crippen LogP contribution is 2.07. The van der Waals surface area contributed by atoms with E-state index >= 15 is 0 Å². The van der Waals surface area contributed by atoms with Crippen molar-refractivity contribution < 1.29 is 4.70 Å². The average Bonchev–Trinajstić information content (AvgIpc) is 1.73. The van der Waals surface area contributed by atoms with Crippen LogP contribution in [0.4, 0.5) is 0 Å². The number of quaternary nitrogens is 1. The topological polar surface area (TPSA) is 25.0 Å². The molecule has 0 aromatic heterocycles. The highest BCUT2D eigenvalue weighted by Gasteiger charge is 2.40. The summed E-state index contributed by atoms with van der Waals surface area (Å²) in [7, 11) is 6.14. The Morgan fingerprint density at radius 3 is 1.67 bits per heavy atom. The third kappa shape index (κ3) is 0.408. The highest BCUT2D eigenvalue weighted by atomic mass is 16.3. The van der Waals surface area contributed by atoms with Crippen LogP contribution < -0.4 is 5.53 Å². The monoisotopic (exact) mass is 88.1 g/mol. The number of nitrogens with one attached hydrogen (secondary N) is 1. The van der Waals surface area contributed by atoms with Crippen molar-refractivity contribution in [2.75, 3.05) is 21.1 Å². The number of nitrogens with zero attached hydrogens (tertiary/aromatic N) is 2. The second kappa shape index (κ2) is 0.753. The molecule has 0 amide bonds. The molecule has 0 aliphatic carbocycles. The first-order valence-electron chi connectivity index (χ1n) is 1.99. The quantitative estimate of drug-likeness (QED) is 0.314. The Labute approximate surface area is 37.7 Å². The Bertz CT molecular complexity index is 68.4. The van der Waals surface area contributed by atoms with Gasteiger partial charge in [-0.25, -0.2) is 0 Å². The molecule has 3 nitrogen and oxygen atoms in total. The summed E-state index contributed by atoms with van der Waals surface area (Å²) >= 11 is 0. The van der Waals surface area contributed by atoms with E-state index in [9.17, 15) is 0 Å². The van der Waals surface area contributed by atoms with Crippen LogP contribution >= 0.6 is 0 Å². The molecule has 0 saturated carbocycles. The molecule has 3 heteroatoms. The van der Waals surface area contributed by atoms with Crippen LogP contribution in [-0.2, 0) is 0 Å². The summed E-state index contributed by atoms with van der Waals surface area (Å²) in [4.78, 5) is 0. The number of hydrazine groups is 1. The molecule has 1 aliphatic rings. The Morgan fingerprint density at radius 1 is 1.50 bits per heavy atom. The van der Waals surface area contributed by atoms with Gasteiger partial charge in [-0.2, -0.15) is 0 Å². The smallest absolute Gasteiger partial charge is 0.108 e. The van der Waals surface area contributed by atoms with E-state index in [1.165, 1.54) is 0 Å². The van der Waals surface area contributed by atoms with Crippen LogP contribution in [0.15, 0.2) is 0 Å². The molecule has 0 radical (unpaired) electrons. The molecule has 36 valence electrons. The minimum atomic E-state index is 0.819. The van der Waals surface area contributed by atoms with E-state index in [1.807, 2.05) is 12.2 Å². The largest absolute Gasteiger partial charge is 0.138 e. The summed E-state index contributed by atoms with van der Waals surface area (Å²) in [5, 5.41) is 2.00. The van der Waals surface area contributed by atoms with Gasteiger partial charge in [0.05, 0.1) is 7.05 Å². The second-order valence-corrected chi connectivity index (χ2v) is 2.02. The molecule has 1 heterocycles. The Kier molecular flexibility index (Phi) is 0.508. The first-order chi connectivity index (χ1) is 2.63. The molecular formula is C3H10N3+. The lowest BCUT2D eigenvalue weighted by Gasteiger charge is -1.91. The Hall–Kier alpha value is -0.120. The van der Waals surface area contributed by atoms with Crippen LogP contribution in [0.2, 0.25) is 0 Å². The molecule has 1 aliphatic heterocycles. The molecule has 0 aromatic carbocycles. The Morgan fingerprint density at radius 2 is 1.67 bits per heavy atom. The van der Waals surface area contributed by atoms with Gasteiger partial charge in [0.25, 0.3) is 0 Å². The van der Waals surface area contributed by atoms with Gasteiger partial charge in [-0.05, 0) is 10.7 Å². The summed E-state index contributed by atoms with van der Waals surface area (Å²) in [5.41, 5.74) is 3.04. The highest BCUT2D eigenvalue weighted by molar-refractivity contribution is 4.17. The first-order valence-corrected chi connectivity index (χ1v) is 1.99. The molecule has 1 atom stereocenters. The summed E-state index contributed by atoms with van der Waals surface area (Å²) in [6, 6.07) is 0. The van der Waals surface area contributed by atoms with Crippen molar-refractivity contribution in [1.29, 1.82) is 0 Å². The van der Waals surface area contributed by atoms with Crippen LogP contribution in [0.25, 0.3) is 0 Å². The standard InChI is InChI=1S/C3H10N3/c1-5-4-6(5,2)3/h4H,1-3H3/q+1. The zero-order chi connectivity index (χ0) is 4.78. The minimum absolute atomic E-state index is 0.819. The van der Waals surface area contributed by atoms with Gasteiger partial charge in [0.2, 0.25) is 0 Å². The molecular weight excluding hydrogens is 78.1 g/mol. The van der Waals surface area contributed by atoms with Crippen LogP contribution in [-0.4, -0.2) is 31.0 Å². The van der Waals surface area contributed by atoms with Crippen LogP contribution in [0.3, 0.4) is 0 Å². The van der Waals surface area contributed by atoms with Gasteiger partial charge >= 0.3 is 0 Å². The van der Waals surface area contributed by atoms with Crippen LogP contribution in [0.1, 0.15) is 0 Å². The molecule has 0 bridgehead atoms. The van der Waals surface area contributed by atoms with Gasteiger partial charge in [-0.15, -0.1) is 4.70 Å². The fourth-order valence-corrected chi connectivity index (χ4v) is 0.334. The fraction of sp³-hybridized carbons (Fsp3) is 1.00. The van der Waals surface area contributed by atoms with Gasteiger partial charge in [0.15, 0.2) is 0 Å². The van der Waals surface area contributed by atoms with Crippen molar-refractivity contribution in [3.8, 4) is 0 Å². The van der Waals surface area contributed by atoms with E-state index in [2.05, 4.69) is 19.6 Å². The molecule has 1 N–H and O–H groups in total.